The monoisotopic (exact) mass is 221 g/mol. The van der Waals surface area contributed by atoms with Gasteiger partial charge in [-0.1, -0.05) is 12.1 Å². The highest BCUT2D eigenvalue weighted by molar-refractivity contribution is 5.85. The number of ether oxygens (including phenoxy) is 1. The lowest BCUT2D eigenvalue weighted by atomic mass is 10.2. The topological polar surface area (TPSA) is 89.6 Å². The first-order chi connectivity index (χ1) is 7.58. The zero-order chi connectivity index (χ0) is 12.0. The summed E-state index contributed by atoms with van der Waals surface area (Å²) in [4.78, 5) is 20.7. The summed E-state index contributed by atoms with van der Waals surface area (Å²) in [6.07, 6.45) is 2.50. The number of carboxylic acids is 1. The van der Waals surface area contributed by atoms with Crippen LogP contribution in [0.3, 0.4) is 0 Å². The number of rotatable bonds is 5. The van der Waals surface area contributed by atoms with Crippen molar-refractivity contribution in [1.82, 2.24) is 0 Å². The van der Waals surface area contributed by atoms with Crippen LogP contribution in [0.1, 0.15) is 5.56 Å². The number of carbonyl (C=O) groups excluding carboxylic acids is 1. The van der Waals surface area contributed by atoms with Crippen molar-refractivity contribution in [3.63, 3.8) is 0 Å². The minimum atomic E-state index is -1.01. The van der Waals surface area contributed by atoms with Crippen LogP contribution < -0.4 is 10.5 Å². The molecule has 3 N–H and O–H groups in total. The average Bonchev–Trinajstić information content (AvgIpc) is 2.25. The van der Waals surface area contributed by atoms with E-state index in [0.717, 1.165) is 11.6 Å². The van der Waals surface area contributed by atoms with Crippen molar-refractivity contribution < 1.29 is 19.4 Å². The zero-order valence-corrected chi connectivity index (χ0v) is 8.42. The number of carboxylic acid groups (broad SMARTS) is 1. The second kappa shape index (κ2) is 5.55. The fraction of sp³-hybridized carbons (Fsp3) is 0.0909. The molecule has 1 rings (SSSR count). The molecule has 0 aromatic heterocycles. The summed E-state index contributed by atoms with van der Waals surface area (Å²) in [5, 5.41) is 8.41. The molecular weight excluding hydrogens is 210 g/mol. The maximum Gasteiger partial charge on any atom is 0.328 e. The minimum absolute atomic E-state index is 0.176. The fourth-order valence-corrected chi connectivity index (χ4v) is 0.997. The molecule has 0 saturated heterocycles. The van der Waals surface area contributed by atoms with Crippen molar-refractivity contribution >= 4 is 18.0 Å². The van der Waals surface area contributed by atoms with E-state index in [9.17, 15) is 9.59 Å². The second-order valence-electron chi connectivity index (χ2n) is 3.00. The quantitative estimate of drug-likeness (QED) is 0.714. The van der Waals surface area contributed by atoms with E-state index >= 15 is 0 Å². The van der Waals surface area contributed by atoms with Gasteiger partial charge in [-0.05, 0) is 23.8 Å². The van der Waals surface area contributed by atoms with Crippen LogP contribution in [0.4, 0.5) is 0 Å². The fourth-order valence-electron chi connectivity index (χ4n) is 0.997. The highest BCUT2D eigenvalue weighted by atomic mass is 16.5. The molecule has 1 amide bonds. The van der Waals surface area contributed by atoms with Gasteiger partial charge < -0.3 is 15.6 Å². The van der Waals surface area contributed by atoms with Crippen LogP contribution >= 0.6 is 0 Å². The number of aliphatic carboxylic acids is 1. The molecule has 16 heavy (non-hydrogen) atoms. The molecule has 0 radical (unpaired) electrons. The molecule has 0 unspecified atom stereocenters. The van der Waals surface area contributed by atoms with E-state index in [1.165, 1.54) is 6.08 Å². The molecule has 0 bridgehead atoms. The molecular formula is C11H11NO4. The third kappa shape index (κ3) is 4.28. The van der Waals surface area contributed by atoms with E-state index in [-0.39, 0.29) is 6.61 Å². The van der Waals surface area contributed by atoms with Gasteiger partial charge in [0.05, 0.1) is 0 Å². The maximum atomic E-state index is 10.4. The highest BCUT2D eigenvalue weighted by Gasteiger charge is 1.97. The molecule has 1 aromatic carbocycles. The second-order valence-corrected chi connectivity index (χ2v) is 3.00. The van der Waals surface area contributed by atoms with Crippen LogP contribution in [0.25, 0.3) is 6.08 Å². The summed E-state index contributed by atoms with van der Waals surface area (Å²) in [5.41, 5.74) is 5.64. The maximum absolute atomic E-state index is 10.4. The summed E-state index contributed by atoms with van der Waals surface area (Å²) in [5.74, 6) is -1.05. The van der Waals surface area contributed by atoms with Crippen molar-refractivity contribution in [3.8, 4) is 5.75 Å². The summed E-state index contributed by atoms with van der Waals surface area (Å²) in [6, 6.07) is 6.61. The van der Waals surface area contributed by atoms with Crippen molar-refractivity contribution in [3.05, 3.63) is 35.9 Å². The van der Waals surface area contributed by atoms with Gasteiger partial charge in [-0.3, -0.25) is 4.79 Å². The number of hydrogen-bond acceptors (Lipinski definition) is 3. The molecule has 0 spiro atoms. The lowest BCUT2D eigenvalue weighted by molar-refractivity contribution is -0.131. The molecule has 0 aliphatic rings. The predicted molar refractivity (Wildman–Crippen MR) is 57.8 cm³/mol. The molecule has 0 aliphatic heterocycles. The van der Waals surface area contributed by atoms with Gasteiger partial charge in [0.1, 0.15) is 5.75 Å². The van der Waals surface area contributed by atoms with Gasteiger partial charge in [-0.25, -0.2) is 4.79 Å². The van der Waals surface area contributed by atoms with Gasteiger partial charge in [0.15, 0.2) is 6.61 Å². The Kier molecular flexibility index (Phi) is 4.08. The van der Waals surface area contributed by atoms with Crippen molar-refractivity contribution in [2.24, 2.45) is 5.73 Å². The van der Waals surface area contributed by atoms with Crippen LogP contribution in [-0.2, 0) is 9.59 Å². The van der Waals surface area contributed by atoms with Crippen LogP contribution in [0.5, 0.6) is 5.75 Å². The summed E-state index contributed by atoms with van der Waals surface area (Å²) in [7, 11) is 0. The lowest BCUT2D eigenvalue weighted by Gasteiger charge is -2.03. The highest BCUT2D eigenvalue weighted by Crippen LogP contribution is 2.12. The molecule has 0 heterocycles. The zero-order valence-electron chi connectivity index (χ0n) is 8.42. The number of carbonyl (C=O) groups is 2. The molecule has 0 saturated carbocycles. The minimum Gasteiger partial charge on any atom is -0.484 e. The lowest BCUT2D eigenvalue weighted by Crippen LogP contribution is -2.19. The molecule has 0 fully saturated rings. The van der Waals surface area contributed by atoms with Gasteiger partial charge in [-0.15, -0.1) is 0 Å². The Morgan fingerprint density at radius 1 is 1.31 bits per heavy atom. The predicted octanol–water partition coefficient (Wildman–Crippen LogP) is 0.648. The first kappa shape index (κ1) is 11.8. The van der Waals surface area contributed by atoms with Gasteiger partial charge in [0.25, 0.3) is 5.91 Å². The molecule has 0 atom stereocenters. The average molecular weight is 221 g/mol. The Morgan fingerprint density at radius 2 is 1.94 bits per heavy atom. The standard InChI is InChI=1S/C11H11NO4/c12-10(13)7-16-9-4-1-8(2-5-9)3-6-11(14)15/h1-6H,7H2,(H2,12,13)(H,14,15). The molecule has 1 aromatic rings. The number of primary amides is 1. The Morgan fingerprint density at radius 3 is 2.44 bits per heavy atom. The summed E-state index contributed by atoms with van der Waals surface area (Å²) in [6.45, 7) is -0.176. The molecule has 5 nitrogen and oxygen atoms in total. The van der Waals surface area contributed by atoms with Gasteiger partial charge in [0, 0.05) is 6.08 Å². The van der Waals surface area contributed by atoms with Gasteiger partial charge >= 0.3 is 5.97 Å². The van der Waals surface area contributed by atoms with Crippen LogP contribution in [-0.4, -0.2) is 23.6 Å². The van der Waals surface area contributed by atoms with E-state index in [1.54, 1.807) is 24.3 Å². The van der Waals surface area contributed by atoms with Crippen molar-refractivity contribution in [2.45, 2.75) is 0 Å². The summed E-state index contributed by atoms with van der Waals surface area (Å²) >= 11 is 0. The van der Waals surface area contributed by atoms with Gasteiger partial charge in [0.2, 0.25) is 0 Å². The van der Waals surface area contributed by atoms with E-state index < -0.39 is 11.9 Å². The first-order valence-corrected chi connectivity index (χ1v) is 4.50. The van der Waals surface area contributed by atoms with Gasteiger partial charge in [-0.2, -0.15) is 0 Å². The van der Waals surface area contributed by atoms with E-state index in [4.69, 9.17) is 15.6 Å². The van der Waals surface area contributed by atoms with E-state index in [0.29, 0.717) is 5.75 Å². The number of amides is 1. The summed E-state index contributed by atoms with van der Waals surface area (Å²) < 4.78 is 5.03. The SMILES string of the molecule is NC(=O)COc1ccc(C=CC(=O)O)cc1. The van der Waals surface area contributed by atoms with Crippen LogP contribution in [0, 0.1) is 0 Å². The van der Waals surface area contributed by atoms with E-state index in [1.807, 2.05) is 0 Å². The Hall–Kier alpha value is -2.30. The first-order valence-electron chi connectivity index (χ1n) is 4.50. The number of nitrogens with two attached hydrogens (primary N) is 1. The third-order valence-corrected chi connectivity index (χ3v) is 1.68. The van der Waals surface area contributed by atoms with Crippen molar-refractivity contribution in [1.29, 1.82) is 0 Å². The Balaban J connectivity index is 2.60. The van der Waals surface area contributed by atoms with Crippen LogP contribution in [0.2, 0.25) is 0 Å². The Bertz CT molecular complexity index is 408. The smallest absolute Gasteiger partial charge is 0.328 e. The largest absolute Gasteiger partial charge is 0.484 e. The van der Waals surface area contributed by atoms with E-state index in [2.05, 4.69) is 0 Å². The number of benzene rings is 1. The Labute approximate surface area is 92.1 Å². The normalized spacial score (nSPS) is 10.2. The third-order valence-electron chi connectivity index (χ3n) is 1.68. The van der Waals surface area contributed by atoms with Crippen molar-refractivity contribution in [2.75, 3.05) is 6.61 Å². The molecule has 0 aliphatic carbocycles. The molecule has 84 valence electrons. The number of hydrogen-bond donors (Lipinski definition) is 2. The van der Waals surface area contributed by atoms with Crippen LogP contribution in [0.15, 0.2) is 30.3 Å². The molecule has 5 heteroatoms.